The third-order valence-corrected chi connectivity index (χ3v) is 14.2. The highest BCUT2D eigenvalue weighted by Gasteiger charge is 2.66. The van der Waals surface area contributed by atoms with E-state index in [1.165, 1.54) is 62.5 Å². The van der Waals surface area contributed by atoms with Crippen LogP contribution in [0.3, 0.4) is 0 Å². The summed E-state index contributed by atoms with van der Waals surface area (Å²) in [5, 5.41) is 3.30. The van der Waals surface area contributed by atoms with Crippen LogP contribution in [-0.2, 0) is 9.59 Å². The van der Waals surface area contributed by atoms with E-state index in [0.717, 1.165) is 24.7 Å². The number of allylic oxidation sites excluding steroid dienone is 3. The van der Waals surface area contributed by atoms with Crippen LogP contribution in [0.5, 0.6) is 0 Å². The van der Waals surface area contributed by atoms with Crippen molar-refractivity contribution >= 4 is 17.4 Å². The lowest BCUT2D eigenvalue weighted by atomic mass is 9.36. The van der Waals surface area contributed by atoms with Crippen molar-refractivity contribution < 1.29 is 9.59 Å². The molecule has 8 atom stereocenters. The lowest BCUT2D eigenvalue weighted by Crippen LogP contribution is -2.62. The molecule has 5 aliphatic carbocycles. The number of hydrogen-bond donors (Lipinski definition) is 1. The minimum absolute atomic E-state index is 0.0540. The Morgan fingerprint density at radius 2 is 1.62 bits per heavy atom. The molecule has 4 saturated carbocycles. The zero-order valence-electron chi connectivity index (χ0n) is 29.8. The van der Waals surface area contributed by atoms with Crippen molar-refractivity contribution in [2.24, 2.45) is 51.2 Å². The minimum atomic E-state index is -0.182. The van der Waals surface area contributed by atoms with Crippen LogP contribution in [0.4, 0.5) is 0 Å². The molecule has 4 nitrogen and oxygen atoms in total. The summed E-state index contributed by atoms with van der Waals surface area (Å²) >= 11 is 0. The highest BCUT2D eigenvalue weighted by molar-refractivity contribution is 5.83. The normalized spacial score (nSPS) is 37.7. The van der Waals surface area contributed by atoms with Crippen molar-refractivity contribution in [2.45, 2.75) is 113 Å². The van der Waals surface area contributed by atoms with Gasteiger partial charge in [0.15, 0.2) is 0 Å². The Hall–Kier alpha value is -2.36. The van der Waals surface area contributed by atoms with Gasteiger partial charge in [0.2, 0.25) is 11.8 Å². The van der Waals surface area contributed by atoms with Crippen LogP contribution < -0.4 is 5.32 Å². The second kappa shape index (κ2) is 12.7. The van der Waals surface area contributed by atoms with E-state index in [1.54, 1.807) is 23.5 Å². The van der Waals surface area contributed by atoms with Gasteiger partial charge >= 0.3 is 0 Å². The van der Waals surface area contributed by atoms with Gasteiger partial charge in [0, 0.05) is 27.1 Å². The molecule has 0 radical (unpaired) electrons. The predicted molar refractivity (Wildman–Crippen MR) is 187 cm³/mol. The highest BCUT2D eigenvalue weighted by atomic mass is 16.2. The highest BCUT2D eigenvalue weighted by Crippen LogP contribution is 2.73. The molecular weight excluding hydrogens is 552 g/mol. The SMILES string of the molecule is C=CC.CC(=O)N(C)CCNC(=O)C12CCCC1C1CCC3C(C)(CCC4C(C)(C)C(c5ccc(C)cc5)=CCC43C)C1CC2. The van der Waals surface area contributed by atoms with E-state index in [9.17, 15) is 9.59 Å². The van der Waals surface area contributed by atoms with Crippen LogP contribution in [0.15, 0.2) is 43.0 Å². The number of carbonyl (C=O) groups excluding carboxylic acids is 2. The monoisotopic (exact) mass is 614 g/mol. The lowest BCUT2D eigenvalue weighted by Gasteiger charge is -2.68. The first-order valence-corrected chi connectivity index (χ1v) is 18.1. The number of fused-ring (bicyclic) bond motifs is 7. The van der Waals surface area contributed by atoms with E-state index in [4.69, 9.17) is 0 Å². The summed E-state index contributed by atoms with van der Waals surface area (Å²) in [6.45, 7) is 20.6. The molecule has 0 aliphatic heterocycles. The summed E-state index contributed by atoms with van der Waals surface area (Å²) in [6, 6.07) is 9.24. The fraction of sp³-hybridized carbons (Fsp3) is 0.707. The molecule has 6 rings (SSSR count). The van der Waals surface area contributed by atoms with E-state index in [0.29, 0.717) is 41.7 Å². The summed E-state index contributed by atoms with van der Waals surface area (Å²) in [7, 11) is 1.82. The number of nitrogens with zero attached hydrogens (tertiary/aromatic N) is 1. The molecule has 0 spiro atoms. The first-order valence-electron chi connectivity index (χ1n) is 18.1. The molecule has 1 N–H and O–H groups in total. The fourth-order valence-corrected chi connectivity index (χ4v) is 12.1. The van der Waals surface area contributed by atoms with Crippen LogP contribution in [-0.4, -0.2) is 36.9 Å². The molecule has 2 amide bonds. The zero-order valence-corrected chi connectivity index (χ0v) is 29.8. The average Bonchev–Trinajstić information content (AvgIpc) is 3.44. The number of amides is 2. The fourth-order valence-electron chi connectivity index (χ4n) is 12.1. The van der Waals surface area contributed by atoms with Crippen LogP contribution >= 0.6 is 0 Å². The van der Waals surface area contributed by atoms with Crippen molar-refractivity contribution in [3.63, 3.8) is 0 Å². The summed E-state index contributed by atoms with van der Waals surface area (Å²) in [6.07, 6.45) is 16.6. The van der Waals surface area contributed by atoms with Crippen LogP contribution in [0.2, 0.25) is 0 Å². The van der Waals surface area contributed by atoms with Crippen LogP contribution in [0.1, 0.15) is 117 Å². The maximum atomic E-state index is 13.8. The summed E-state index contributed by atoms with van der Waals surface area (Å²) in [4.78, 5) is 27.2. The van der Waals surface area contributed by atoms with Gasteiger partial charge in [-0.05, 0) is 129 Å². The van der Waals surface area contributed by atoms with E-state index in [2.05, 4.69) is 76.9 Å². The Kier molecular flexibility index (Phi) is 9.58. The zero-order chi connectivity index (χ0) is 32.8. The molecule has 1 aromatic rings. The third kappa shape index (κ3) is 5.65. The maximum absolute atomic E-state index is 13.8. The molecule has 0 aromatic heterocycles. The maximum Gasteiger partial charge on any atom is 0.226 e. The van der Waals surface area contributed by atoms with Gasteiger partial charge in [-0.1, -0.05) is 76.1 Å². The first-order chi connectivity index (χ1) is 21.3. The van der Waals surface area contributed by atoms with Crippen molar-refractivity contribution in [1.82, 2.24) is 10.2 Å². The molecular formula is C41H62N2O2. The number of aryl methyl sites for hydroxylation is 1. The number of hydrogen-bond acceptors (Lipinski definition) is 2. The van der Waals surface area contributed by atoms with Gasteiger partial charge in [-0.2, -0.15) is 0 Å². The van der Waals surface area contributed by atoms with Crippen molar-refractivity contribution in [1.29, 1.82) is 0 Å². The van der Waals surface area contributed by atoms with Gasteiger partial charge in [0.05, 0.1) is 5.41 Å². The van der Waals surface area contributed by atoms with Gasteiger partial charge in [0.25, 0.3) is 0 Å². The van der Waals surface area contributed by atoms with E-state index in [-0.39, 0.29) is 22.6 Å². The molecule has 5 aliphatic rings. The van der Waals surface area contributed by atoms with Crippen LogP contribution in [0, 0.1) is 58.2 Å². The van der Waals surface area contributed by atoms with E-state index < -0.39 is 0 Å². The summed E-state index contributed by atoms with van der Waals surface area (Å²) in [5.74, 6) is 3.75. The molecule has 0 heterocycles. The van der Waals surface area contributed by atoms with Gasteiger partial charge in [-0.3, -0.25) is 9.59 Å². The molecule has 4 fully saturated rings. The number of carbonyl (C=O) groups is 2. The van der Waals surface area contributed by atoms with Gasteiger partial charge in [0.1, 0.15) is 0 Å². The Balaban J connectivity index is 0.00000128. The molecule has 4 heteroatoms. The Morgan fingerprint density at radius 1 is 0.933 bits per heavy atom. The lowest BCUT2D eigenvalue weighted by molar-refractivity contribution is -0.181. The number of nitrogens with one attached hydrogen (secondary N) is 1. The van der Waals surface area contributed by atoms with E-state index >= 15 is 0 Å². The molecule has 0 saturated heterocycles. The van der Waals surface area contributed by atoms with Crippen LogP contribution in [0.25, 0.3) is 5.57 Å². The predicted octanol–water partition coefficient (Wildman–Crippen LogP) is 9.24. The molecule has 248 valence electrons. The smallest absolute Gasteiger partial charge is 0.226 e. The molecule has 45 heavy (non-hydrogen) atoms. The quantitative estimate of drug-likeness (QED) is 0.336. The number of benzene rings is 1. The average molecular weight is 615 g/mol. The minimum Gasteiger partial charge on any atom is -0.354 e. The Labute approximate surface area is 274 Å². The first kappa shape index (κ1) is 34.0. The Morgan fingerprint density at radius 3 is 2.29 bits per heavy atom. The summed E-state index contributed by atoms with van der Waals surface area (Å²) < 4.78 is 0. The molecule has 8 unspecified atom stereocenters. The Bertz CT molecular complexity index is 1290. The molecule has 0 bridgehead atoms. The largest absolute Gasteiger partial charge is 0.354 e. The second-order valence-electron chi connectivity index (χ2n) is 16.7. The van der Waals surface area contributed by atoms with Crippen molar-refractivity contribution in [3.05, 3.63) is 54.1 Å². The van der Waals surface area contributed by atoms with Gasteiger partial charge in [-0.25, -0.2) is 0 Å². The van der Waals surface area contributed by atoms with Crippen molar-refractivity contribution in [2.75, 3.05) is 20.1 Å². The van der Waals surface area contributed by atoms with Crippen molar-refractivity contribution in [3.8, 4) is 0 Å². The number of likely N-dealkylation sites (N-methyl/N-ethyl adjacent to an activating group) is 1. The van der Waals surface area contributed by atoms with E-state index in [1.807, 2.05) is 14.0 Å². The molecule has 1 aromatic carbocycles. The topological polar surface area (TPSA) is 49.4 Å². The standard InChI is InChI=1S/C38H56N2O2.C3H6/c1-25-10-12-27(13-11-25)29-16-20-37(6)32(35(29,3)4)18-21-36(5)30-17-22-38(34(42)39-23-24-40(7)26(2)41)19-8-9-31(38)28(30)14-15-33(36)37;1-3-2/h10-13,16,28,30-33H,8-9,14-15,17-24H2,1-7H3,(H,39,42);3H,1H2,2H3. The number of rotatable bonds is 5. The van der Waals surface area contributed by atoms with Gasteiger partial charge in [-0.15, -0.1) is 6.58 Å². The summed E-state index contributed by atoms with van der Waals surface area (Å²) in [5.41, 5.74) is 5.01. The second-order valence-corrected chi connectivity index (χ2v) is 16.7. The van der Waals surface area contributed by atoms with Gasteiger partial charge < -0.3 is 10.2 Å². The third-order valence-electron chi connectivity index (χ3n) is 14.2.